The highest BCUT2D eigenvalue weighted by Crippen LogP contribution is 2.58. The van der Waals surface area contributed by atoms with Gasteiger partial charge in [-0.1, -0.05) is 39.0 Å². The average molecular weight is 338 g/mol. The van der Waals surface area contributed by atoms with E-state index in [-0.39, 0.29) is 11.2 Å². The Balaban J connectivity index is 0.000000415. The summed E-state index contributed by atoms with van der Waals surface area (Å²) in [6.07, 6.45) is 12.3. The van der Waals surface area contributed by atoms with Gasteiger partial charge in [-0.25, -0.2) is 0 Å². The molecule has 4 aliphatic rings. The highest BCUT2D eigenvalue weighted by atomic mass is 16.1. The van der Waals surface area contributed by atoms with Crippen LogP contribution in [0.15, 0.2) is 46.6 Å². The minimum atomic E-state index is 0.0796. The van der Waals surface area contributed by atoms with E-state index in [4.69, 9.17) is 0 Å². The molecule has 0 fully saturated rings. The predicted molar refractivity (Wildman–Crippen MR) is 102 cm³/mol. The van der Waals surface area contributed by atoms with Crippen LogP contribution in [0.4, 0.5) is 0 Å². The second kappa shape index (κ2) is 6.90. The second-order valence-electron chi connectivity index (χ2n) is 8.19. The van der Waals surface area contributed by atoms with Crippen molar-refractivity contribution < 1.29 is 9.59 Å². The van der Waals surface area contributed by atoms with Crippen molar-refractivity contribution in [3.05, 3.63) is 46.6 Å². The van der Waals surface area contributed by atoms with Gasteiger partial charge in [-0.15, -0.1) is 0 Å². The molecule has 2 heteroatoms. The molecule has 0 saturated heterocycles. The number of carbonyl (C=O) groups excluding carboxylic acids is 2. The Morgan fingerprint density at radius 2 is 2.08 bits per heavy atom. The fourth-order valence-electron chi connectivity index (χ4n) is 5.18. The van der Waals surface area contributed by atoms with E-state index in [9.17, 15) is 9.59 Å². The molecular formula is C23H30O2. The molecule has 3 atom stereocenters. The summed E-state index contributed by atoms with van der Waals surface area (Å²) in [6.45, 7) is 10.9. The maximum atomic E-state index is 11.8. The molecule has 0 aromatic heterocycles. The molecule has 0 aliphatic heterocycles. The Morgan fingerprint density at radius 1 is 1.36 bits per heavy atom. The lowest BCUT2D eigenvalue weighted by molar-refractivity contribution is -0.115. The van der Waals surface area contributed by atoms with E-state index in [1.165, 1.54) is 30.4 Å². The molecule has 2 nitrogen and oxygen atoms in total. The minimum Gasteiger partial charge on any atom is -0.303 e. The maximum absolute atomic E-state index is 11.8. The van der Waals surface area contributed by atoms with Gasteiger partial charge < -0.3 is 4.79 Å². The summed E-state index contributed by atoms with van der Waals surface area (Å²) in [6, 6.07) is 0. The molecule has 4 rings (SSSR count). The molecule has 134 valence electrons. The SMILES string of the molecule is C=C1CC2=C(CCC3C2=CCC3C)C2(C)CCC(=O)C=C12.CCC=O. The van der Waals surface area contributed by atoms with Crippen molar-refractivity contribution in [2.75, 3.05) is 0 Å². The van der Waals surface area contributed by atoms with Crippen LogP contribution in [0.2, 0.25) is 0 Å². The van der Waals surface area contributed by atoms with Gasteiger partial charge >= 0.3 is 0 Å². The molecular weight excluding hydrogens is 308 g/mol. The molecule has 3 unspecified atom stereocenters. The Morgan fingerprint density at radius 3 is 2.76 bits per heavy atom. The largest absolute Gasteiger partial charge is 0.303 e. The Bertz CT molecular complexity index is 704. The summed E-state index contributed by atoms with van der Waals surface area (Å²) in [5.41, 5.74) is 7.35. The number of allylic oxidation sites excluding steroid dienone is 7. The molecule has 0 radical (unpaired) electrons. The van der Waals surface area contributed by atoms with E-state index >= 15 is 0 Å². The van der Waals surface area contributed by atoms with Crippen molar-refractivity contribution in [3.63, 3.8) is 0 Å². The Hall–Kier alpha value is -1.70. The summed E-state index contributed by atoms with van der Waals surface area (Å²) in [5.74, 6) is 1.87. The van der Waals surface area contributed by atoms with Crippen LogP contribution in [0.25, 0.3) is 0 Å². The van der Waals surface area contributed by atoms with E-state index in [1.54, 1.807) is 16.7 Å². The van der Waals surface area contributed by atoms with E-state index in [1.807, 2.05) is 13.0 Å². The van der Waals surface area contributed by atoms with E-state index in [0.717, 1.165) is 31.0 Å². The van der Waals surface area contributed by atoms with E-state index in [2.05, 4.69) is 26.5 Å². The number of carbonyl (C=O) groups is 2. The zero-order valence-electron chi connectivity index (χ0n) is 15.9. The number of fused-ring (bicyclic) bond motifs is 4. The lowest BCUT2D eigenvalue weighted by Gasteiger charge is -2.47. The van der Waals surface area contributed by atoms with Crippen LogP contribution in [-0.2, 0) is 9.59 Å². The highest BCUT2D eigenvalue weighted by Gasteiger charge is 2.46. The number of aldehydes is 1. The lowest BCUT2D eigenvalue weighted by Crippen LogP contribution is -2.35. The number of ketones is 1. The first-order valence-electron chi connectivity index (χ1n) is 9.72. The van der Waals surface area contributed by atoms with Gasteiger partial charge in [0.25, 0.3) is 0 Å². The van der Waals surface area contributed by atoms with Crippen LogP contribution >= 0.6 is 0 Å². The van der Waals surface area contributed by atoms with Gasteiger partial charge in [0.15, 0.2) is 5.78 Å². The fourth-order valence-corrected chi connectivity index (χ4v) is 5.18. The van der Waals surface area contributed by atoms with Gasteiger partial charge in [-0.2, -0.15) is 0 Å². The van der Waals surface area contributed by atoms with Crippen molar-refractivity contribution in [2.45, 2.75) is 65.7 Å². The molecule has 0 saturated carbocycles. The van der Waals surface area contributed by atoms with Crippen molar-refractivity contribution in [1.82, 2.24) is 0 Å². The first kappa shape index (κ1) is 18.1. The zero-order chi connectivity index (χ0) is 18.2. The van der Waals surface area contributed by atoms with Gasteiger partial charge in [0.05, 0.1) is 0 Å². The highest BCUT2D eigenvalue weighted by molar-refractivity contribution is 5.93. The van der Waals surface area contributed by atoms with Crippen LogP contribution in [0.3, 0.4) is 0 Å². The summed E-state index contributed by atoms with van der Waals surface area (Å²) in [4.78, 5) is 21.0. The van der Waals surface area contributed by atoms with Crippen LogP contribution < -0.4 is 0 Å². The average Bonchev–Trinajstić information content (AvgIpc) is 2.98. The van der Waals surface area contributed by atoms with Gasteiger partial charge in [-0.3, -0.25) is 4.79 Å². The van der Waals surface area contributed by atoms with Crippen molar-refractivity contribution >= 4 is 12.1 Å². The van der Waals surface area contributed by atoms with Gasteiger partial charge in [0.1, 0.15) is 6.29 Å². The molecule has 0 amide bonds. The van der Waals surface area contributed by atoms with E-state index in [0.29, 0.717) is 12.8 Å². The van der Waals surface area contributed by atoms with Crippen LogP contribution in [-0.4, -0.2) is 12.1 Å². The third-order valence-electron chi connectivity index (χ3n) is 6.59. The van der Waals surface area contributed by atoms with Gasteiger partial charge in [0.2, 0.25) is 0 Å². The molecule has 0 N–H and O–H groups in total. The number of hydrogen-bond acceptors (Lipinski definition) is 2. The fraction of sp³-hybridized carbons (Fsp3) is 0.565. The first-order chi connectivity index (χ1) is 11.9. The Kier molecular flexibility index (Phi) is 4.99. The maximum Gasteiger partial charge on any atom is 0.156 e. The van der Waals surface area contributed by atoms with Crippen LogP contribution in [0.1, 0.15) is 65.7 Å². The quantitative estimate of drug-likeness (QED) is 0.591. The van der Waals surface area contributed by atoms with Crippen molar-refractivity contribution in [2.24, 2.45) is 17.3 Å². The Labute approximate surface area is 151 Å². The minimum absolute atomic E-state index is 0.0796. The summed E-state index contributed by atoms with van der Waals surface area (Å²) in [7, 11) is 0. The zero-order valence-corrected chi connectivity index (χ0v) is 15.9. The molecule has 0 aromatic rings. The molecule has 0 aromatic carbocycles. The number of hydrogen-bond donors (Lipinski definition) is 0. The number of rotatable bonds is 1. The van der Waals surface area contributed by atoms with Crippen LogP contribution in [0.5, 0.6) is 0 Å². The standard InChI is InChI=1S/C20H24O.C3H6O/c1-12-4-5-16-15(12)6-7-18-17(16)10-13(2)19-11-14(21)8-9-20(18,19)3;1-2-3-4/h5,11-12,15H,2,4,6-10H2,1,3H3;3H,2H2,1H3. The molecule has 4 aliphatic carbocycles. The smallest absolute Gasteiger partial charge is 0.156 e. The third kappa shape index (κ3) is 3.01. The third-order valence-corrected chi connectivity index (χ3v) is 6.59. The molecule has 25 heavy (non-hydrogen) atoms. The first-order valence-corrected chi connectivity index (χ1v) is 9.72. The van der Waals surface area contributed by atoms with Gasteiger partial charge in [0, 0.05) is 18.3 Å². The van der Waals surface area contributed by atoms with Gasteiger partial charge in [-0.05, 0) is 72.3 Å². The monoisotopic (exact) mass is 338 g/mol. The molecule has 0 heterocycles. The summed E-state index contributed by atoms with van der Waals surface area (Å²) < 4.78 is 0. The normalized spacial score (nSPS) is 33.4. The molecule has 0 spiro atoms. The van der Waals surface area contributed by atoms with Crippen molar-refractivity contribution in [3.8, 4) is 0 Å². The predicted octanol–water partition coefficient (Wildman–Crippen LogP) is 5.51. The van der Waals surface area contributed by atoms with Crippen molar-refractivity contribution in [1.29, 1.82) is 0 Å². The van der Waals surface area contributed by atoms with E-state index < -0.39 is 0 Å². The topological polar surface area (TPSA) is 34.1 Å². The summed E-state index contributed by atoms with van der Waals surface area (Å²) >= 11 is 0. The van der Waals surface area contributed by atoms with Crippen LogP contribution in [0, 0.1) is 17.3 Å². The molecule has 0 bridgehead atoms. The summed E-state index contributed by atoms with van der Waals surface area (Å²) in [5, 5.41) is 0. The second-order valence-corrected chi connectivity index (χ2v) is 8.19. The lowest BCUT2D eigenvalue weighted by atomic mass is 9.57.